The summed E-state index contributed by atoms with van der Waals surface area (Å²) in [6.07, 6.45) is 0. The van der Waals surface area contributed by atoms with Gasteiger partial charge in [-0.3, -0.25) is 4.79 Å². The Bertz CT molecular complexity index is 661. The lowest BCUT2D eigenvalue weighted by Gasteiger charge is -2.36. The van der Waals surface area contributed by atoms with Crippen molar-refractivity contribution in [3.63, 3.8) is 0 Å². The van der Waals surface area contributed by atoms with Crippen molar-refractivity contribution < 1.29 is 4.79 Å². The van der Waals surface area contributed by atoms with Gasteiger partial charge in [0, 0.05) is 31.7 Å². The number of carbonyl (C=O) groups excluding carboxylic acids is 1. The zero-order valence-corrected chi connectivity index (χ0v) is 13.4. The molecule has 1 amide bonds. The number of piperazine rings is 1. The lowest BCUT2D eigenvalue weighted by Crippen LogP contribution is -2.48. The minimum absolute atomic E-state index is 0.110. The van der Waals surface area contributed by atoms with Gasteiger partial charge in [0.15, 0.2) is 0 Å². The maximum Gasteiger partial charge on any atom is 0.253 e. The van der Waals surface area contributed by atoms with Crippen molar-refractivity contribution in [2.24, 2.45) is 0 Å². The van der Waals surface area contributed by atoms with Crippen LogP contribution in [0, 0.1) is 6.92 Å². The molecule has 1 aliphatic heterocycles. The molecule has 1 heterocycles. The molecule has 1 fully saturated rings. The highest BCUT2D eigenvalue weighted by molar-refractivity contribution is 6.33. The fourth-order valence-corrected chi connectivity index (χ4v) is 2.99. The van der Waals surface area contributed by atoms with E-state index in [4.69, 9.17) is 11.6 Å². The molecule has 3 rings (SSSR count). The summed E-state index contributed by atoms with van der Waals surface area (Å²) >= 11 is 6.24. The van der Waals surface area contributed by atoms with Crippen LogP contribution in [-0.4, -0.2) is 37.0 Å². The fourth-order valence-electron chi connectivity index (χ4n) is 2.74. The van der Waals surface area contributed by atoms with Crippen molar-refractivity contribution in [2.45, 2.75) is 6.92 Å². The van der Waals surface area contributed by atoms with Gasteiger partial charge in [-0.1, -0.05) is 41.4 Å². The third kappa shape index (κ3) is 3.09. The van der Waals surface area contributed by atoms with Gasteiger partial charge >= 0.3 is 0 Å². The molecule has 0 saturated carbocycles. The van der Waals surface area contributed by atoms with E-state index in [0.717, 1.165) is 42.5 Å². The summed E-state index contributed by atoms with van der Waals surface area (Å²) in [4.78, 5) is 16.7. The number of nitrogens with zero attached hydrogens (tertiary/aromatic N) is 2. The Labute approximate surface area is 136 Å². The minimum atomic E-state index is 0.110. The largest absolute Gasteiger partial charge is 0.367 e. The Hall–Kier alpha value is -2.00. The number of halogens is 1. The molecule has 0 aliphatic carbocycles. The predicted molar refractivity (Wildman–Crippen MR) is 90.7 cm³/mol. The van der Waals surface area contributed by atoms with Crippen LogP contribution in [0.15, 0.2) is 48.5 Å². The van der Waals surface area contributed by atoms with Gasteiger partial charge in [0.1, 0.15) is 0 Å². The molecule has 0 unspecified atom stereocenters. The normalized spacial score (nSPS) is 15.0. The standard InChI is InChI=1S/C18H19ClN2O/c1-14-6-8-15(9-7-14)18(22)21-12-10-20(11-13-21)17-5-3-2-4-16(17)19/h2-9H,10-13H2,1H3. The average Bonchev–Trinajstić information content (AvgIpc) is 2.56. The second kappa shape index (κ2) is 6.41. The maximum absolute atomic E-state index is 12.5. The van der Waals surface area contributed by atoms with Crippen LogP contribution in [0.4, 0.5) is 5.69 Å². The van der Waals surface area contributed by atoms with Crippen molar-refractivity contribution in [1.29, 1.82) is 0 Å². The molecule has 1 saturated heterocycles. The summed E-state index contributed by atoms with van der Waals surface area (Å²) in [7, 11) is 0. The first kappa shape index (κ1) is 14.9. The van der Waals surface area contributed by atoms with Gasteiger partial charge in [0.2, 0.25) is 0 Å². The van der Waals surface area contributed by atoms with E-state index in [2.05, 4.69) is 4.90 Å². The summed E-state index contributed by atoms with van der Waals surface area (Å²) in [5, 5.41) is 0.765. The lowest BCUT2D eigenvalue weighted by molar-refractivity contribution is 0.0747. The molecule has 0 atom stereocenters. The highest BCUT2D eigenvalue weighted by Gasteiger charge is 2.23. The topological polar surface area (TPSA) is 23.6 Å². The summed E-state index contributed by atoms with van der Waals surface area (Å²) in [6, 6.07) is 15.6. The van der Waals surface area contributed by atoms with Crippen molar-refractivity contribution in [3.05, 3.63) is 64.7 Å². The van der Waals surface area contributed by atoms with E-state index in [1.54, 1.807) is 0 Å². The van der Waals surface area contributed by atoms with E-state index in [-0.39, 0.29) is 5.91 Å². The van der Waals surface area contributed by atoms with E-state index >= 15 is 0 Å². The Morgan fingerprint density at radius 2 is 1.59 bits per heavy atom. The summed E-state index contributed by atoms with van der Waals surface area (Å²) in [5.41, 5.74) is 2.98. The number of hydrogen-bond donors (Lipinski definition) is 0. The van der Waals surface area contributed by atoms with Crippen molar-refractivity contribution in [2.75, 3.05) is 31.1 Å². The molecule has 4 heteroatoms. The molecule has 1 aliphatic rings. The number of anilines is 1. The molecule has 2 aromatic carbocycles. The number of aryl methyl sites for hydroxylation is 1. The number of carbonyl (C=O) groups is 1. The molecule has 0 spiro atoms. The van der Waals surface area contributed by atoms with Gasteiger partial charge in [-0.15, -0.1) is 0 Å². The van der Waals surface area contributed by atoms with Gasteiger partial charge < -0.3 is 9.80 Å². The highest BCUT2D eigenvalue weighted by atomic mass is 35.5. The van der Waals surface area contributed by atoms with E-state index in [1.165, 1.54) is 5.56 Å². The van der Waals surface area contributed by atoms with Crippen LogP contribution in [0.1, 0.15) is 15.9 Å². The third-order valence-corrected chi connectivity index (χ3v) is 4.38. The Morgan fingerprint density at radius 3 is 2.23 bits per heavy atom. The predicted octanol–water partition coefficient (Wildman–Crippen LogP) is 3.61. The van der Waals surface area contributed by atoms with E-state index in [9.17, 15) is 4.79 Å². The molecular weight excluding hydrogens is 296 g/mol. The molecule has 22 heavy (non-hydrogen) atoms. The monoisotopic (exact) mass is 314 g/mol. The summed E-state index contributed by atoms with van der Waals surface area (Å²) < 4.78 is 0. The van der Waals surface area contributed by atoms with Gasteiger partial charge in [-0.2, -0.15) is 0 Å². The second-order valence-corrected chi connectivity index (χ2v) is 6.00. The molecule has 0 radical (unpaired) electrons. The number of benzene rings is 2. The molecule has 0 bridgehead atoms. The van der Waals surface area contributed by atoms with Crippen LogP contribution in [0.2, 0.25) is 5.02 Å². The SMILES string of the molecule is Cc1ccc(C(=O)N2CCN(c3ccccc3Cl)CC2)cc1. The Kier molecular flexibility index (Phi) is 4.34. The molecular formula is C18H19ClN2O. The molecule has 0 N–H and O–H groups in total. The number of rotatable bonds is 2. The molecule has 3 nitrogen and oxygen atoms in total. The van der Waals surface area contributed by atoms with Crippen LogP contribution in [0.3, 0.4) is 0 Å². The highest BCUT2D eigenvalue weighted by Crippen LogP contribution is 2.26. The van der Waals surface area contributed by atoms with Crippen molar-refractivity contribution in [3.8, 4) is 0 Å². The van der Waals surface area contributed by atoms with Crippen LogP contribution in [0.25, 0.3) is 0 Å². The van der Waals surface area contributed by atoms with E-state index < -0.39 is 0 Å². The van der Waals surface area contributed by atoms with Gasteiger partial charge in [0.05, 0.1) is 10.7 Å². The summed E-state index contributed by atoms with van der Waals surface area (Å²) in [5.74, 6) is 0.110. The quantitative estimate of drug-likeness (QED) is 0.845. The lowest BCUT2D eigenvalue weighted by atomic mass is 10.1. The van der Waals surface area contributed by atoms with Gasteiger partial charge in [-0.25, -0.2) is 0 Å². The van der Waals surface area contributed by atoms with Gasteiger partial charge in [0.25, 0.3) is 5.91 Å². The van der Waals surface area contributed by atoms with Crippen LogP contribution < -0.4 is 4.90 Å². The number of hydrogen-bond acceptors (Lipinski definition) is 2. The smallest absolute Gasteiger partial charge is 0.253 e. The molecule has 2 aromatic rings. The zero-order valence-electron chi connectivity index (χ0n) is 12.6. The van der Waals surface area contributed by atoms with Crippen LogP contribution in [-0.2, 0) is 0 Å². The zero-order chi connectivity index (χ0) is 15.5. The Balaban J connectivity index is 1.65. The first-order chi connectivity index (χ1) is 10.6. The number of para-hydroxylation sites is 1. The van der Waals surface area contributed by atoms with E-state index in [1.807, 2.05) is 60.4 Å². The minimum Gasteiger partial charge on any atom is -0.367 e. The van der Waals surface area contributed by atoms with Crippen molar-refractivity contribution in [1.82, 2.24) is 4.90 Å². The maximum atomic E-state index is 12.5. The molecule has 0 aromatic heterocycles. The average molecular weight is 315 g/mol. The first-order valence-corrected chi connectivity index (χ1v) is 7.88. The van der Waals surface area contributed by atoms with E-state index in [0.29, 0.717) is 0 Å². The fraction of sp³-hybridized carbons (Fsp3) is 0.278. The molecule has 114 valence electrons. The third-order valence-electron chi connectivity index (χ3n) is 4.06. The van der Waals surface area contributed by atoms with Gasteiger partial charge in [-0.05, 0) is 31.2 Å². The first-order valence-electron chi connectivity index (χ1n) is 7.50. The number of amides is 1. The Morgan fingerprint density at radius 1 is 0.955 bits per heavy atom. The summed E-state index contributed by atoms with van der Waals surface area (Å²) in [6.45, 7) is 5.08. The van der Waals surface area contributed by atoms with Crippen LogP contribution >= 0.6 is 11.6 Å². The van der Waals surface area contributed by atoms with Crippen LogP contribution in [0.5, 0.6) is 0 Å². The van der Waals surface area contributed by atoms with Crippen molar-refractivity contribution >= 4 is 23.2 Å². The second-order valence-electron chi connectivity index (χ2n) is 5.60.